The molecule has 0 aliphatic rings. The maximum atomic E-state index is 13.0. The van der Waals surface area contributed by atoms with Gasteiger partial charge in [0.2, 0.25) is 10.0 Å². The third kappa shape index (κ3) is 8.89. The predicted molar refractivity (Wildman–Crippen MR) is 131 cm³/mol. The molecule has 9 heteroatoms. The molecule has 0 saturated heterocycles. The summed E-state index contributed by atoms with van der Waals surface area (Å²) in [6, 6.07) is 11.5. The fraction of sp³-hybridized carbons (Fsp3) is 0.440. The van der Waals surface area contributed by atoms with Gasteiger partial charge in [-0.05, 0) is 84.9 Å². The summed E-state index contributed by atoms with van der Waals surface area (Å²) in [5, 5.41) is 2.73. The van der Waals surface area contributed by atoms with E-state index >= 15 is 0 Å². The molecule has 0 aliphatic heterocycles. The van der Waals surface area contributed by atoms with Crippen LogP contribution in [0.2, 0.25) is 0 Å². The summed E-state index contributed by atoms with van der Waals surface area (Å²) in [5.74, 6) is -1.04. The number of nitrogens with one attached hydrogen (secondary N) is 2. The second-order valence-electron chi connectivity index (χ2n) is 9.98. The normalized spacial score (nSPS) is 13.3. The Morgan fingerprint density at radius 2 is 1.44 bits per heavy atom. The van der Waals surface area contributed by atoms with Crippen molar-refractivity contribution >= 4 is 27.6 Å². The van der Waals surface area contributed by atoms with Crippen molar-refractivity contribution in [2.75, 3.05) is 11.9 Å². The Bertz CT molecular complexity index is 1100. The minimum atomic E-state index is -4.07. The molecule has 2 aromatic carbocycles. The van der Waals surface area contributed by atoms with Crippen LogP contribution in [0, 0.1) is 6.92 Å². The molecule has 2 aromatic rings. The molecule has 0 saturated carbocycles. The molecule has 0 aromatic heterocycles. The van der Waals surface area contributed by atoms with Crippen molar-refractivity contribution in [3.63, 3.8) is 0 Å². The summed E-state index contributed by atoms with van der Waals surface area (Å²) < 4.78 is 39.3. The van der Waals surface area contributed by atoms with Crippen LogP contribution in [-0.2, 0) is 24.3 Å². The van der Waals surface area contributed by atoms with Crippen molar-refractivity contribution in [3.8, 4) is 0 Å². The van der Waals surface area contributed by atoms with Gasteiger partial charge >= 0.3 is 5.97 Å². The highest BCUT2D eigenvalue weighted by Crippen LogP contribution is 2.18. The van der Waals surface area contributed by atoms with Crippen molar-refractivity contribution in [1.82, 2.24) is 4.72 Å². The van der Waals surface area contributed by atoms with Crippen LogP contribution < -0.4 is 10.0 Å². The molecule has 0 heterocycles. The maximum Gasteiger partial charge on any atom is 0.327 e. The number of ether oxygens (including phenoxy) is 2. The van der Waals surface area contributed by atoms with Crippen molar-refractivity contribution in [2.45, 2.75) is 70.6 Å². The fourth-order valence-electron chi connectivity index (χ4n) is 2.74. The maximum absolute atomic E-state index is 13.0. The topological polar surface area (TPSA) is 111 Å². The van der Waals surface area contributed by atoms with E-state index in [1.54, 1.807) is 53.7 Å². The van der Waals surface area contributed by atoms with E-state index < -0.39 is 33.2 Å². The lowest BCUT2D eigenvalue weighted by molar-refractivity contribution is -0.159. The first-order valence-corrected chi connectivity index (χ1v) is 12.4. The zero-order chi connectivity index (χ0) is 25.7. The zero-order valence-corrected chi connectivity index (χ0v) is 21.6. The number of benzene rings is 2. The second kappa shape index (κ2) is 10.7. The van der Waals surface area contributed by atoms with Crippen LogP contribution in [-0.4, -0.2) is 44.1 Å². The van der Waals surface area contributed by atoms with Gasteiger partial charge in [0.1, 0.15) is 11.6 Å². The number of esters is 1. The van der Waals surface area contributed by atoms with E-state index in [4.69, 9.17) is 9.47 Å². The number of aryl methyl sites for hydroxylation is 1. The van der Waals surface area contributed by atoms with Crippen molar-refractivity contribution in [3.05, 3.63) is 59.7 Å². The van der Waals surface area contributed by atoms with Gasteiger partial charge < -0.3 is 14.8 Å². The minimum absolute atomic E-state index is 0.0647. The van der Waals surface area contributed by atoms with Crippen LogP contribution in [0.4, 0.5) is 5.69 Å². The number of rotatable bonds is 8. The lowest BCUT2D eigenvalue weighted by Crippen LogP contribution is -2.48. The van der Waals surface area contributed by atoms with E-state index in [0.29, 0.717) is 11.3 Å². The van der Waals surface area contributed by atoms with Crippen LogP contribution in [0.1, 0.15) is 57.5 Å². The molecule has 0 aliphatic carbocycles. The van der Waals surface area contributed by atoms with Gasteiger partial charge in [-0.25, -0.2) is 8.42 Å². The Hall–Kier alpha value is -2.75. The molecule has 1 amide bonds. The SMILES string of the molecule is Cc1ccc(C(=O)Nc2ccc(S(=O)(=O)N[C@H](COC(C)(C)C)C(=O)OC(C)(C)C)cc2)cc1. The highest BCUT2D eigenvalue weighted by Gasteiger charge is 2.31. The summed E-state index contributed by atoms with van der Waals surface area (Å²) in [5.41, 5.74) is 0.589. The Kier molecular flexibility index (Phi) is 8.63. The third-order valence-corrected chi connectivity index (χ3v) is 5.90. The van der Waals surface area contributed by atoms with Crippen molar-refractivity contribution in [2.24, 2.45) is 0 Å². The Morgan fingerprint density at radius 1 is 0.882 bits per heavy atom. The molecule has 34 heavy (non-hydrogen) atoms. The van der Waals surface area contributed by atoms with Crippen LogP contribution >= 0.6 is 0 Å². The van der Waals surface area contributed by atoms with Gasteiger partial charge in [0.25, 0.3) is 5.91 Å². The summed E-state index contributed by atoms with van der Waals surface area (Å²) in [4.78, 5) is 25.0. The largest absolute Gasteiger partial charge is 0.459 e. The fourth-order valence-corrected chi connectivity index (χ4v) is 3.91. The van der Waals surface area contributed by atoms with Gasteiger partial charge in [-0.15, -0.1) is 0 Å². The molecule has 186 valence electrons. The highest BCUT2D eigenvalue weighted by atomic mass is 32.2. The first kappa shape index (κ1) is 27.5. The average Bonchev–Trinajstić information content (AvgIpc) is 2.70. The molecule has 0 bridgehead atoms. The van der Waals surface area contributed by atoms with E-state index in [1.807, 2.05) is 19.1 Å². The molecule has 8 nitrogen and oxygen atoms in total. The van der Waals surface area contributed by atoms with Gasteiger partial charge in [0.15, 0.2) is 0 Å². The molecule has 0 fully saturated rings. The number of hydrogen-bond donors (Lipinski definition) is 2. The number of anilines is 1. The first-order valence-electron chi connectivity index (χ1n) is 10.9. The van der Waals surface area contributed by atoms with Gasteiger partial charge in [0, 0.05) is 11.3 Å². The Labute approximate surface area is 202 Å². The van der Waals surface area contributed by atoms with E-state index in [2.05, 4.69) is 10.0 Å². The molecule has 0 unspecified atom stereocenters. The number of amides is 1. The number of carbonyl (C=O) groups is 2. The summed E-state index contributed by atoms with van der Waals surface area (Å²) >= 11 is 0. The molecule has 0 radical (unpaired) electrons. The Balaban J connectivity index is 2.15. The smallest absolute Gasteiger partial charge is 0.327 e. The minimum Gasteiger partial charge on any atom is -0.459 e. The lowest BCUT2D eigenvalue weighted by atomic mass is 10.1. The zero-order valence-electron chi connectivity index (χ0n) is 20.8. The first-order chi connectivity index (χ1) is 15.6. The summed E-state index contributed by atoms with van der Waals surface area (Å²) in [6.45, 7) is 12.2. The van der Waals surface area contributed by atoms with Crippen LogP contribution in [0.25, 0.3) is 0 Å². The van der Waals surface area contributed by atoms with Crippen LogP contribution in [0.15, 0.2) is 53.4 Å². The monoisotopic (exact) mass is 490 g/mol. The van der Waals surface area contributed by atoms with Crippen molar-refractivity contribution in [1.29, 1.82) is 0 Å². The number of carbonyl (C=O) groups excluding carboxylic acids is 2. The van der Waals surface area contributed by atoms with Gasteiger partial charge in [0.05, 0.1) is 17.1 Å². The van der Waals surface area contributed by atoms with E-state index in [1.165, 1.54) is 24.3 Å². The van der Waals surface area contributed by atoms with Crippen molar-refractivity contribution < 1.29 is 27.5 Å². The van der Waals surface area contributed by atoms with E-state index in [9.17, 15) is 18.0 Å². The van der Waals surface area contributed by atoms with Crippen LogP contribution in [0.5, 0.6) is 0 Å². The van der Waals surface area contributed by atoms with Crippen LogP contribution in [0.3, 0.4) is 0 Å². The molecule has 1 atom stereocenters. The highest BCUT2D eigenvalue weighted by molar-refractivity contribution is 7.89. The standard InChI is InChI=1S/C25H34N2O6S/c1-17-8-10-18(11-9-17)22(28)26-19-12-14-20(15-13-19)34(30,31)27-21(16-32-24(2,3)4)23(29)33-25(5,6)7/h8-15,21,27H,16H2,1-7H3,(H,26,28)/t21-/m1/s1. The Morgan fingerprint density at radius 3 is 1.94 bits per heavy atom. The molecule has 2 rings (SSSR count). The molecule has 0 spiro atoms. The van der Waals surface area contributed by atoms with Gasteiger partial charge in [-0.3, -0.25) is 9.59 Å². The number of sulfonamides is 1. The number of hydrogen-bond acceptors (Lipinski definition) is 6. The quantitative estimate of drug-likeness (QED) is 0.540. The average molecular weight is 491 g/mol. The van der Waals surface area contributed by atoms with Gasteiger partial charge in [-0.1, -0.05) is 17.7 Å². The summed E-state index contributed by atoms with van der Waals surface area (Å²) in [6.07, 6.45) is 0. The lowest BCUT2D eigenvalue weighted by Gasteiger charge is -2.27. The molecule has 2 N–H and O–H groups in total. The summed E-state index contributed by atoms with van der Waals surface area (Å²) in [7, 11) is -4.07. The predicted octanol–water partition coefficient (Wildman–Crippen LogP) is 4.05. The second-order valence-corrected chi connectivity index (χ2v) is 11.7. The molecular weight excluding hydrogens is 456 g/mol. The molecular formula is C25H34N2O6S. The van der Waals surface area contributed by atoms with Gasteiger partial charge in [-0.2, -0.15) is 4.72 Å². The third-order valence-electron chi connectivity index (χ3n) is 4.41. The van der Waals surface area contributed by atoms with E-state index in [-0.39, 0.29) is 17.4 Å². The van der Waals surface area contributed by atoms with E-state index in [0.717, 1.165) is 5.56 Å².